The highest BCUT2D eigenvalue weighted by Gasteiger charge is 2.11. The maximum Gasteiger partial charge on any atom is 0.245 e. The van der Waals surface area contributed by atoms with Crippen LogP contribution in [0.3, 0.4) is 0 Å². The van der Waals surface area contributed by atoms with Crippen LogP contribution < -0.4 is 5.32 Å². The van der Waals surface area contributed by atoms with Crippen molar-refractivity contribution in [2.24, 2.45) is 10.8 Å². The average molecular weight is 271 g/mol. The highest BCUT2D eigenvalue weighted by atomic mass is 16.5. The van der Waals surface area contributed by atoms with Crippen molar-refractivity contribution >= 4 is 5.91 Å². The molecule has 0 atom stereocenters. The second-order valence-electron chi connectivity index (χ2n) is 7.77. The van der Waals surface area contributed by atoms with Gasteiger partial charge in [0.1, 0.15) is 6.61 Å². The lowest BCUT2D eigenvalue weighted by molar-refractivity contribution is -0.126. The van der Waals surface area contributed by atoms with Crippen molar-refractivity contribution in [1.29, 1.82) is 0 Å². The monoisotopic (exact) mass is 271 g/mol. The second kappa shape index (κ2) is 8.57. The maximum atomic E-state index is 11.5. The van der Waals surface area contributed by atoms with Crippen molar-refractivity contribution in [1.82, 2.24) is 5.32 Å². The van der Waals surface area contributed by atoms with Crippen molar-refractivity contribution in [2.75, 3.05) is 19.8 Å². The standard InChI is InChI=1S/C16H33NO2/c1-15(2,3)10-8-7-9-11-17-14(18)12-19-13-16(4,5)6/h7-13H2,1-6H3,(H,17,18). The zero-order chi connectivity index (χ0) is 14.9. The molecule has 0 aliphatic rings. The van der Waals surface area contributed by atoms with E-state index in [1.165, 1.54) is 19.3 Å². The highest BCUT2D eigenvalue weighted by Crippen LogP contribution is 2.21. The molecule has 0 aliphatic heterocycles. The predicted octanol–water partition coefficient (Wildman–Crippen LogP) is 3.77. The first kappa shape index (κ1) is 18.4. The van der Waals surface area contributed by atoms with Crippen LogP contribution in [0, 0.1) is 10.8 Å². The zero-order valence-electron chi connectivity index (χ0n) is 13.8. The first-order chi connectivity index (χ1) is 8.60. The maximum absolute atomic E-state index is 11.5. The lowest BCUT2D eigenvalue weighted by Crippen LogP contribution is -2.30. The molecule has 0 rings (SSSR count). The number of hydrogen-bond donors (Lipinski definition) is 1. The molecule has 0 aromatic heterocycles. The zero-order valence-corrected chi connectivity index (χ0v) is 13.8. The van der Waals surface area contributed by atoms with Gasteiger partial charge in [-0.15, -0.1) is 0 Å². The quantitative estimate of drug-likeness (QED) is 0.682. The molecule has 0 aromatic rings. The number of carbonyl (C=O) groups excluding carboxylic acids is 1. The van der Waals surface area contributed by atoms with E-state index < -0.39 is 0 Å². The van der Waals surface area contributed by atoms with Crippen LogP contribution in [0.4, 0.5) is 0 Å². The van der Waals surface area contributed by atoms with Crippen LogP contribution in [0.2, 0.25) is 0 Å². The molecule has 0 radical (unpaired) electrons. The third-order valence-electron chi connectivity index (χ3n) is 2.69. The molecule has 3 heteroatoms. The molecular weight excluding hydrogens is 238 g/mol. The Morgan fingerprint density at radius 2 is 1.58 bits per heavy atom. The number of nitrogens with one attached hydrogen (secondary N) is 1. The van der Waals surface area contributed by atoms with Crippen molar-refractivity contribution in [3.05, 3.63) is 0 Å². The van der Waals surface area contributed by atoms with Gasteiger partial charge < -0.3 is 10.1 Å². The Morgan fingerprint density at radius 1 is 0.947 bits per heavy atom. The smallest absolute Gasteiger partial charge is 0.245 e. The summed E-state index contributed by atoms with van der Waals surface area (Å²) in [5.74, 6) is 0.0000661. The van der Waals surface area contributed by atoms with Gasteiger partial charge >= 0.3 is 0 Å². The van der Waals surface area contributed by atoms with Gasteiger partial charge in [0.05, 0.1) is 6.61 Å². The van der Waals surface area contributed by atoms with Crippen LogP contribution in [-0.2, 0) is 9.53 Å². The van der Waals surface area contributed by atoms with E-state index in [1.54, 1.807) is 0 Å². The van der Waals surface area contributed by atoms with Crippen molar-refractivity contribution in [2.45, 2.75) is 67.2 Å². The Kier molecular flexibility index (Phi) is 8.31. The lowest BCUT2D eigenvalue weighted by atomic mass is 9.89. The number of amides is 1. The van der Waals surface area contributed by atoms with Crippen molar-refractivity contribution in [3.8, 4) is 0 Å². The van der Waals surface area contributed by atoms with Crippen LogP contribution in [0.5, 0.6) is 0 Å². The van der Waals surface area contributed by atoms with Gasteiger partial charge in [0.25, 0.3) is 0 Å². The minimum absolute atomic E-state index is 0.0000661. The molecule has 0 fully saturated rings. The summed E-state index contributed by atoms with van der Waals surface area (Å²) < 4.78 is 5.37. The third kappa shape index (κ3) is 15.4. The summed E-state index contributed by atoms with van der Waals surface area (Å²) in [6.07, 6.45) is 4.72. The van der Waals surface area contributed by atoms with Crippen LogP contribution in [0.25, 0.3) is 0 Å². The average Bonchev–Trinajstić information content (AvgIpc) is 2.19. The molecule has 0 unspecified atom stereocenters. The Labute approximate surface area is 119 Å². The molecule has 3 nitrogen and oxygen atoms in total. The summed E-state index contributed by atoms with van der Waals surface area (Å²) in [5, 5.41) is 2.90. The van der Waals surface area contributed by atoms with Crippen LogP contribution in [-0.4, -0.2) is 25.7 Å². The summed E-state index contributed by atoms with van der Waals surface area (Å²) in [5.41, 5.74) is 0.539. The molecule has 0 bridgehead atoms. The Hall–Kier alpha value is -0.570. The van der Waals surface area contributed by atoms with Gasteiger partial charge in [-0.25, -0.2) is 0 Å². The fourth-order valence-corrected chi connectivity index (χ4v) is 1.69. The topological polar surface area (TPSA) is 38.3 Å². The summed E-state index contributed by atoms with van der Waals surface area (Å²) in [6.45, 7) is 14.7. The molecule has 0 heterocycles. The van der Waals surface area contributed by atoms with E-state index in [4.69, 9.17) is 4.74 Å². The Balaban J connectivity index is 3.40. The van der Waals surface area contributed by atoms with Gasteiger partial charge in [-0.2, -0.15) is 0 Å². The number of ether oxygens (including phenoxy) is 1. The van der Waals surface area contributed by atoms with E-state index in [-0.39, 0.29) is 17.9 Å². The van der Waals surface area contributed by atoms with E-state index in [0.29, 0.717) is 12.0 Å². The van der Waals surface area contributed by atoms with E-state index in [0.717, 1.165) is 13.0 Å². The first-order valence-corrected chi connectivity index (χ1v) is 7.45. The molecule has 1 N–H and O–H groups in total. The number of hydrogen-bond acceptors (Lipinski definition) is 2. The molecule has 114 valence electrons. The molecular formula is C16H33NO2. The van der Waals surface area contributed by atoms with Crippen molar-refractivity contribution < 1.29 is 9.53 Å². The van der Waals surface area contributed by atoms with Crippen LogP contribution >= 0.6 is 0 Å². The van der Waals surface area contributed by atoms with Gasteiger partial charge in [-0.3, -0.25) is 4.79 Å². The molecule has 0 spiro atoms. The van der Waals surface area contributed by atoms with E-state index in [9.17, 15) is 4.79 Å². The van der Waals surface area contributed by atoms with Gasteiger partial charge in [-0.1, -0.05) is 54.4 Å². The van der Waals surface area contributed by atoms with E-state index in [1.807, 2.05) is 0 Å². The summed E-state index contributed by atoms with van der Waals surface area (Å²) >= 11 is 0. The molecule has 1 amide bonds. The third-order valence-corrected chi connectivity index (χ3v) is 2.69. The van der Waals surface area contributed by atoms with Crippen LogP contribution in [0.15, 0.2) is 0 Å². The number of carbonyl (C=O) groups is 1. The molecule has 0 saturated heterocycles. The SMILES string of the molecule is CC(C)(C)CCCCCNC(=O)COCC(C)(C)C. The summed E-state index contributed by atoms with van der Waals surface area (Å²) in [6, 6.07) is 0. The van der Waals surface area contributed by atoms with Gasteiger partial charge in [0.15, 0.2) is 0 Å². The van der Waals surface area contributed by atoms with Crippen molar-refractivity contribution in [3.63, 3.8) is 0 Å². The molecule has 19 heavy (non-hydrogen) atoms. The van der Waals surface area contributed by atoms with Gasteiger partial charge in [0, 0.05) is 6.54 Å². The fraction of sp³-hybridized carbons (Fsp3) is 0.938. The highest BCUT2D eigenvalue weighted by molar-refractivity contribution is 5.77. The second-order valence-corrected chi connectivity index (χ2v) is 7.77. The predicted molar refractivity (Wildman–Crippen MR) is 81.2 cm³/mol. The van der Waals surface area contributed by atoms with E-state index >= 15 is 0 Å². The molecule has 0 aromatic carbocycles. The summed E-state index contributed by atoms with van der Waals surface area (Å²) in [4.78, 5) is 11.5. The van der Waals surface area contributed by atoms with Crippen LogP contribution in [0.1, 0.15) is 67.2 Å². The van der Waals surface area contributed by atoms with Gasteiger partial charge in [0.2, 0.25) is 5.91 Å². The molecule has 0 saturated carbocycles. The minimum atomic E-state index is 0.0000661. The lowest BCUT2D eigenvalue weighted by Gasteiger charge is -2.18. The normalized spacial score (nSPS) is 12.5. The molecule has 0 aliphatic carbocycles. The first-order valence-electron chi connectivity index (χ1n) is 7.45. The Morgan fingerprint density at radius 3 is 2.11 bits per heavy atom. The number of unbranched alkanes of at least 4 members (excludes halogenated alkanes) is 2. The summed E-state index contributed by atoms with van der Waals surface area (Å²) in [7, 11) is 0. The minimum Gasteiger partial charge on any atom is -0.371 e. The van der Waals surface area contributed by atoms with E-state index in [2.05, 4.69) is 46.9 Å². The Bertz CT molecular complexity index is 248. The van der Waals surface area contributed by atoms with Gasteiger partial charge in [-0.05, 0) is 23.7 Å². The largest absolute Gasteiger partial charge is 0.371 e. The number of rotatable bonds is 8. The fourth-order valence-electron chi connectivity index (χ4n) is 1.69.